The molecule has 2 aliphatic rings. The van der Waals surface area contributed by atoms with E-state index in [0.717, 1.165) is 36.1 Å². The molecule has 0 saturated carbocycles. The predicted octanol–water partition coefficient (Wildman–Crippen LogP) is 3.67. The summed E-state index contributed by atoms with van der Waals surface area (Å²) in [5.41, 5.74) is 1.58. The fourth-order valence-electron chi connectivity index (χ4n) is 3.38. The Morgan fingerprint density at radius 3 is 2.79 bits per heavy atom. The second-order valence-corrected chi connectivity index (χ2v) is 7.75. The van der Waals surface area contributed by atoms with Gasteiger partial charge in [-0.2, -0.15) is 5.26 Å². The van der Waals surface area contributed by atoms with Crippen LogP contribution in [0, 0.1) is 23.2 Å². The molecular weight excluding hydrogens is 348 g/mol. The molecular formula is C17H17ClN2O3S. The number of nitriles is 1. The summed E-state index contributed by atoms with van der Waals surface area (Å²) in [6.45, 7) is 0. The Kier molecular flexibility index (Phi) is 4.93. The average Bonchev–Trinajstić information content (AvgIpc) is 2.91. The van der Waals surface area contributed by atoms with Crippen molar-refractivity contribution in [2.24, 2.45) is 11.8 Å². The number of hydrogen-bond acceptors (Lipinski definition) is 4. The fourth-order valence-corrected chi connectivity index (χ4v) is 4.88. The second kappa shape index (κ2) is 6.96. The van der Waals surface area contributed by atoms with Gasteiger partial charge in [0.1, 0.15) is 11.1 Å². The zero-order valence-corrected chi connectivity index (χ0v) is 14.5. The number of fused-ring (bicyclic) bond motifs is 1. The normalized spacial score (nSPS) is 22.9. The lowest BCUT2D eigenvalue weighted by molar-refractivity contribution is -0.146. The molecule has 0 spiro atoms. The van der Waals surface area contributed by atoms with E-state index in [4.69, 9.17) is 11.6 Å². The van der Waals surface area contributed by atoms with Crippen LogP contribution in [0.25, 0.3) is 0 Å². The van der Waals surface area contributed by atoms with Crippen LogP contribution in [0.2, 0.25) is 0 Å². The first-order valence-corrected chi connectivity index (χ1v) is 9.13. The number of rotatable bonds is 3. The van der Waals surface area contributed by atoms with E-state index in [1.54, 1.807) is 6.08 Å². The SMILES string of the molecule is N#Cc1c(NC(=O)[C@H]2CC(Cl)=CC[C@H]2C(=O)O)sc2c1CCCC2. The Labute approximate surface area is 148 Å². The van der Waals surface area contributed by atoms with Gasteiger partial charge in [0.25, 0.3) is 0 Å². The number of aliphatic carboxylic acids is 1. The molecule has 2 N–H and O–H groups in total. The van der Waals surface area contributed by atoms with Crippen molar-refractivity contribution in [3.8, 4) is 6.07 Å². The molecule has 0 bridgehead atoms. The lowest BCUT2D eigenvalue weighted by Gasteiger charge is -2.25. The second-order valence-electron chi connectivity index (χ2n) is 6.16. The molecule has 24 heavy (non-hydrogen) atoms. The van der Waals surface area contributed by atoms with Gasteiger partial charge in [0.2, 0.25) is 5.91 Å². The van der Waals surface area contributed by atoms with E-state index in [-0.39, 0.29) is 18.7 Å². The molecule has 5 nitrogen and oxygen atoms in total. The van der Waals surface area contributed by atoms with E-state index < -0.39 is 17.8 Å². The lowest BCUT2D eigenvalue weighted by Crippen LogP contribution is -2.35. The van der Waals surface area contributed by atoms with Crippen molar-refractivity contribution in [3.63, 3.8) is 0 Å². The van der Waals surface area contributed by atoms with Crippen molar-refractivity contribution in [3.05, 3.63) is 27.1 Å². The van der Waals surface area contributed by atoms with E-state index in [2.05, 4.69) is 11.4 Å². The molecule has 0 aliphatic heterocycles. The highest BCUT2D eigenvalue weighted by atomic mass is 35.5. The van der Waals surface area contributed by atoms with Crippen molar-refractivity contribution in [1.82, 2.24) is 0 Å². The molecule has 1 aromatic rings. The van der Waals surface area contributed by atoms with Gasteiger partial charge in [0, 0.05) is 9.91 Å². The molecule has 3 rings (SSSR count). The van der Waals surface area contributed by atoms with Gasteiger partial charge in [0.15, 0.2) is 0 Å². The highest BCUT2D eigenvalue weighted by molar-refractivity contribution is 7.16. The van der Waals surface area contributed by atoms with Crippen molar-refractivity contribution in [2.75, 3.05) is 5.32 Å². The Hall–Kier alpha value is -1.84. The van der Waals surface area contributed by atoms with E-state index in [1.807, 2.05) is 0 Å². The number of allylic oxidation sites excluding steroid dienone is 2. The van der Waals surface area contributed by atoms with Crippen LogP contribution in [0.15, 0.2) is 11.1 Å². The number of hydrogen-bond donors (Lipinski definition) is 2. The van der Waals surface area contributed by atoms with E-state index >= 15 is 0 Å². The summed E-state index contributed by atoms with van der Waals surface area (Å²) in [6, 6.07) is 2.20. The van der Waals surface area contributed by atoms with Gasteiger partial charge in [-0.1, -0.05) is 17.7 Å². The molecule has 2 aliphatic carbocycles. The van der Waals surface area contributed by atoms with Gasteiger partial charge in [0.05, 0.1) is 17.4 Å². The van der Waals surface area contributed by atoms with E-state index in [0.29, 0.717) is 15.6 Å². The number of nitrogens with one attached hydrogen (secondary N) is 1. The molecule has 7 heteroatoms. The number of amides is 1. The highest BCUT2D eigenvalue weighted by Crippen LogP contribution is 2.39. The minimum absolute atomic E-state index is 0.220. The average molecular weight is 365 g/mol. The molecule has 1 heterocycles. The van der Waals surface area contributed by atoms with Crippen molar-refractivity contribution >= 4 is 39.8 Å². The van der Waals surface area contributed by atoms with Crippen LogP contribution >= 0.6 is 22.9 Å². The first-order chi connectivity index (χ1) is 11.5. The van der Waals surface area contributed by atoms with Gasteiger partial charge in [-0.05, 0) is 44.1 Å². The summed E-state index contributed by atoms with van der Waals surface area (Å²) in [6.07, 6.45) is 6.07. The highest BCUT2D eigenvalue weighted by Gasteiger charge is 2.36. The Balaban J connectivity index is 1.84. The third-order valence-electron chi connectivity index (χ3n) is 4.67. The van der Waals surface area contributed by atoms with Crippen LogP contribution in [0.3, 0.4) is 0 Å². The summed E-state index contributed by atoms with van der Waals surface area (Å²) in [5, 5.41) is 22.7. The summed E-state index contributed by atoms with van der Waals surface area (Å²) in [7, 11) is 0. The zero-order chi connectivity index (χ0) is 17.3. The topological polar surface area (TPSA) is 90.2 Å². The number of aryl methyl sites for hydroxylation is 1. The van der Waals surface area contributed by atoms with Crippen LogP contribution in [0.1, 0.15) is 41.7 Å². The van der Waals surface area contributed by atoms with E-state index in [9.17, 15) is 20.0 Å². The third-order valence-corrected chi connectivity index (χ3v) is 6.18. The summed E-state index contributed by atoms with van der Waals surface area (Å²) in [5.74, 6) is -2.87. The molecule has 1 aromatic heterocycles. The quantitative estimate of drug-likeness (QED) is 0.856. The number of carbonyl (C=O) groups is 2. The number of halogens is 1. The number of carbonyl (C=O) groups excluding carboxylic acids is 1. The Bertz CT molecular complexity index is 763. The monoisotopic (exact) mass is 364 g/mol. The minimum atomic E-state index is -0.999. The minimum Gasteiger partial charge on any atom is -0.481 e. The third kappa shape index (κ3) is 3.19. The molecule has 2 atom stereocenters. The fraction of sp³-hybridized carbons (Fsp3) is 0.471. The molecule has 0 saturated heterocycles. The summed E-state index contributed by atoms with van der Waals surface area (Å²) < 4.78 is 0. The van der Waals surface area contributed by atoms with Crippen molar-refractivity contribution in [2.45, 2.75) is 38.5 Å². The van der Waals surface area contributed by atoms with Crippen molar-refractivity contribution in [1.29, 1.82) is 5.26 Å². The number of carboxylic acids is 1. The smallest absolute Gasteiger partial charge is 0.307 e. The zero-order valence-electron chi connectivity index (χ0n) is 13.0. The van der Waals surface area contributed by atoms with Crippen LogP contribution in [0.4, 0.5) is 5.00 Å². The molecule has 0 unspecified atom stereocenters. The molecule has 1 amide bonds. The Morgan fingerprint density at radius 1 is 1.33 bits per heavy atom. The largest absolute Gasteiger partial charge is 0.481 e. The van der Waals surface area contributed by atoms with E-state index in [1.165, 1.54) is 11.3 Å². The number of anilines is 1. The molecule has 126 valence electrons. The van der Waals surface area contributed by atoms with Gasteiger partial charge < -0.3 is 10.4 Å². The van der Waals surface area contributed by atoms with Crippen LogP contribution in [-0.2, 0) is 22.4 Å². The molecule has 0 fully saturated rings. The van der Waals surface area contributed by atoms with Gasteiger partial charge in [-0.25, -0.2) is 0 Å². The van der Waals surface area contributed by atoms with Crippen LogP contribution in [0.5, 0.6) is 0 Å². The Morgan fingerprint density at radius 2 is 2.08 bits per heavy atom. The van der Waals surface area contributed by atoms with Gasteiger partial charge in [-0.3, -0.25) is 9.59 Å². The maximum Gasteiger partial charge on any atom is 0.307 e. The number of carboxylic acid groups (broad SMARTS) is 1. The van der Waals surface area contributed by atoms with Crippen LogP contribution < -0.4 is 5.32 Å². The maximum atomic E-state index is 12.6. The first-order valence-electron chi connectivity index (χ1n) is 7.94. The summed E-state index contributed by atoms with van der Waals surface area (Å²) in [4.78, 5) is 25.2. The molecule has 0 radical (unpaired) electrons. The van der Waals surface area contributed by atoms with Gasteiger partial charge >= 0.3 is 5.97 Å². The predicted molar refractivity (Wildman–Crippen MR) is 92.1 cm³/mol. The standard InChI is InChI=1S/C17H17ClN2O3S/c18-9-5-6-11(17(22)23)12(7-9)15(21)20-16-13(8-19)10-3-1-2-4-14(10)24-16/h5,11-12H,1-4,6-7H2,(H,20,21)(H,22,23)/t11-,12+/m1/s1. The number of nitrogens with zero attached hydrogens (tertiary/aromatic N) is 1. The lowest BCUT2D eigenvalue weighted by atomic mass is 9.82. The number of thiophene rings is 1. The van der Waals surface area contributed by atoms with Crippen molar-refractivity contribution < 1.29 is 14.7 Å². The molecule has 0 aromatic carbocycles. The first kappa shape index (κ1) is 17.0. The van der Waals surface area contributed by atoms with Gasteiger partial charge in [-0.15, -0.1) is 11.3 Å². The van der Waals surface area contributed by atoms with Crippen LogP contribution in [-0.4, -0.2) is 17.0 Å². The maximum absolute atomic E-state index is 12.6. The summed E-state index contributed by atoms with van der Waals surface area (Å²) >= 11 is 7.45.